The Morgan fingerprint density at radius 1 is 0.818 bits per heavy atom. The molecule has 0 fully saturated rings. The van der Waals surface area contributed by atoms with Gasteiger partial charge in [-0.3, -0.25) is 5.32 Å². The molecule has 4 aromatic carbocycles. The molecule has 0 aliphatic rings. The van der Waals surface area contributed by atoms with E-state index < -0.39 is 5.54 Å². The van der Waals surface area contributed by atoms with Crippen LogP contribution in [0.3, 0.4) is 0 Å². The van der Waals surface area contributed by atoms with Gasteiger partial charge in [0.15, 0.2) is 0 Å². The number of ether oxygens (including phenoxy) is 1. The van der Waals surface area contributed by atoms with E-state index in [-0.39, 0.29) is 12.1 Å². The van der Waals surface area contributed by atoms with Gasteiger partial charge in [0, 0.05) is 24.3 Å². The van der Waals surface area contributed by atoms with E-state index in [4.69, 9.17) is 9.84 Å². The highest BCUT2D eigenvalue weighted by molar-refractivity contribution is 5.92. The van der Waals surface area contributed by atoms with Crippen LogP contribution >= 0.6 is 0 Å². The van der Waals surface area contributed by atoms with Gasteiger partial charge in [0.2, 0.25) is 0 Å². The van der Waals surface area contributed by atoms with Gasteiger partial charge in [0.25, 0.3) is 0 Å². The number of fused-ring (bicyclic) bond motifs is 1. The van der Waals surface area contributed by atoms with Crippen LogP contribution in [0.2, 0.25) is 0 Å². The van der Waals surface area contributed by atoms with E-state index in [1.165, 1.54) is 0 Å². The van der Waals surface area contributed by atoms with Crippen LogP contribution in [-0.4, -0.2) is 27.4 Å². The molecule has 0 saturated heterocycles. The number of urea groups is 1. The Labute approximate surface area is 257 Å². The lowest BCUT2D eigenvalue weighted by Gasteiger charge is -2.37. The summed E-state index contributed by atoms with van der Waals surface area (Å²) in [6.07, 6.45) is 1.77. The number of aromatic nitrogens is 3. The molecular formula is C37H35N5O2. The van der Waals surface area contributed by atoms with Crippen molar-refractivity contribution >= 4 is 22.8 Å². The number of pyridine rings is 1. The number of benzene rings is 4. The normalized spacial score (nSPS) is 12.1. The van der Waals surface area contributed by atoms with E-state index in [1.807, 2.05) is 68.4 Å². The van der Waals surface area contributed by atoms with Crippen LogP contribution in [0, 0.1) is 0 Å². The number of nitrogens with one attached hydrogen (secondary N) is 2. The molecule has 0 aliphatic heterocycles. The zero-order valence-corrected chi connectivity index (χ0v) is 24.9. The lowest BCUT2D eigenvalue weighted by Crippen LogP contribution is -2.38. The molecule has 2 aromatic heterocycles. The second-order valence-electron chi connectivity index (χ2n) is 10.6. The molecular weight excluding hydrogens is 546 g/mol. The Morgan fingerprint density at radius 3 is 1.86 bits per heavy atom. The van der Waals surface area contributed by atoms with Gasteiger partial charge in [-0.15, -0.1) is 0 Å². The molecule has 2 heterocycles. The minimum Gasteiger partial charge on any atom is -0.375 e. The molecule has 1 unspecified atom stereocenters. The summed E-state index contributed by atoms with van der Waals surface area (Å²) in [7, 11) is 0. The quantitative estimate of drug-likeness (QED) is 0.163. The second-order valence-corrected chi connectivity index (χ2v) is 10.6. The lowest BCUT2D eigenvalue weighted by atomic mass is 9.77. The smallest absolute Gasteiger partial charge is 0.320 e. The fraction of sp³-hybridized carbons (Fsp3) is 0.162. The summed E-state index contributed by atoms with van der Waals surface area (Å²) < 4.78 is 7.93. The molecule has 1 atom stereocenters. The van der Waals surface area contributed by atoms with Gasteiger partial charge < -0.3 is 10.1 Å². The Kier molecular flexibility index (Phi) is 8.48. The van der Waals surface area contributed by atoms with Gasteiger partial charge in [-0.1, -0.05) is 121 Å². The van der Waals surface area contributed by atoms with E-state index in [0.29, 0.717) is 19.0 Å². The maximum Gasteiger partial charge on any atom is 0.320 e. The monoisotopic (exact) mass is 581 g/mol. The number of rotatable bonds is 10. The third-order valence-electron chi connectivity index (χ3n) is 7.87. The Balaban J connectivity index is 1.53. The van der Waals surface area contributed by atoms with Crippen LogP contribution in [-0.2, 0) is 16.9 Å². The molecule has 7 nitrogen and oxygen atoms in total. The van der Waals surface area contributed by atoms with Crippen molar-refractivity contribution in [3.8, 4) is 0 Å². The molecule has 6 rings (SSSR count). The summed E-state index contributed by atoms with van der Waals surface area (Å²) in [4.78, 5) is 17.7. The molecule has 0 radical (unpaired) electrons. The van der Waals surface area contributed by atoms with Crippen molar-refractivity contribution in [2.75, 3.05) is 11.9 Å². The average Bonchev–Trinajstić information content (AvgIpc) is 3.43. The van der Waals surface area contributed by atoms with Gasteiger partial charge in [0.05, 0.1) is 23.9 Å². The first kappa shape index (κ1) is 28.8. The standard InChI is InChI=1S/C37H35N5O2/c1-3-44-26-33-32-25-38-35(40-36(43)39-27(2)28-16-8-4-9-17-28)24-34(32)42(41-33)37(29-18-10-5-11-19-29,30-20-12-6-13-21-30)31-22-14-7-15-23-31/h4-25,27H,3,26H2,1-2H3,(H2,38,39,40,43). The molecule has 0 saturated carbocycles. The zero-order chi connectivity index (χ0) is 30.4. The molecule has 0 aliphatic carbocycles. The summed E-state index contributed by atoms with van der Waals surface area (Å²) >= 11 is 0. The van der Waals surface area contributed by atoms with Crippen molar-refractivity contribution in [1.82, 2.24) is 20.1 Å². The molecule has 6 aromatic rings. The molecule has 220 valence electrons. The highest BCUT2D eigenvalue weighted by Gasteiger charge is 2.41. The summed E-state index contributed by atoms with van der Waals surface area (Å²) in [5.74, 6) is 0.419. The van der Waals surface area contributed by atoms with Crippen LogP contribution in [0.5, 0.6) is 0 Å². The van der Waals surface area contributed by atoms with E-state index >= 15 is 0 Å². The Hall–Kier alpha value is -5.27. The van der Waals surface area contributed by atoms with E-state index in [0.717, 1.165) is 38.9 Å². The van der Waals surface area contributed by atoms with E-state index in [1.54, 1.807) is 6.20 Å². The summed E-state index contributed by atoms with van der Waals surface area (Å²) in [5.41, 5.74) is 4.91. The van der Waals surface area contributed by atoms with Crippen molar-refractivity contribution in [3.05, 3.63) is 162 Å². The topological polar surface area (TPSA) is 81.1 Å². The molecule has 2 N–H and O–H groups in total. The Morgan fingerprint density at radius 2 is 1.34 bits per heavy atom. The predicted octanol–water partition coefficient (Wildman–Crippen LogP) is 7.69. The van der Waals surface area contributed by atoms with Gasteiger partial charge in [-0.05, 0) is 36.1 Å². The van der Waals surface area contributed by atoms with Crippen LogP contribution in [0.25, 0.3) is 10.9 Å². The summed E-state index contributed by atoms with van der Waals surface area (Å²) in [5, 5.41) is 12.1. The number of anilines is 1. The number of hydrogen-bond acceptors (Lipinski definition) is 4. The maximum absolute atomic E-state index is 13.1. The van der Waals surface area contributed by atoms with Crippen LogP contribution in [0.15, 0.2) is 134 Å². The van der Waals surface area contributed by atoms with Gasteiger partial charge in [0.1, 0.15) is 11.4 Å². The Bertz CT molecular complexity index is 1730. The highest BCUT2D eigenvalue weighted by Crippen LogP contribution is 2.43. The fourth-order valence-electron chi connectivity index (χ4n) is 5.78. The first-order valence-corrected chi connectivity index (χ1v) is 14.9. The zero-order valence-electron chi connectivity index (χ0n) is 24.9. The number of carbonyl (C=O) groups is 1. The van der Waals surface area contributed by atoms with Crippen LogP contribution in [0.4, 0.5) is 10.6 Å². The van der Waals surface area contributed by atoms with Crippen LogP contribution < -0.4 is 10.6 Å². The third-order valence-corrected chi connectivity index (χ3v) is 7.87. The van der Waals surface area contributed by atoms with Crippen molar-refractivity contribution in [2.45, 2.75) is 32.0 Å². The minimum atomic E-state index is -0.838. The maximum atomic E-state index is 13.1. The largest absolute Gasteiger partial charge is 0.375 e. The molecule has 0 bridgehead atoms. The number of amides is 2. The highest BCUT2D eigenvalue weighted by atomic mass is 16.5. The summed E-state index contributed by atoms with van der Waals surface area (Å²) in [6, 6.07) is 42.4. The predicted molar refractivity (Wildman–Crippen MR) is 174 cm³/mol. The van der Waals surface area contributed by atoms with Gasteiger partial charge in [-0.2, -0.15) is 5.10 Å². The fourth-order valence-corrected chi connectivity index (χ4v) is 5.78. The van der Waals surface area contributed by atoms with E-state index in [2.05, 4.69) is 93.1 Å². The van der Waals surface area contributed by atoms with Crippen molar-refractivity contribution < 1.29 is 9.53 Å². The van der Waals surface area contributed by atoms with Gasteiger partial charge >= 0.3 is 6.03 Å². The minimum absolute atomic E-state index is 0.176. The molecule has 0 spiro atoms. The number of hydrogen-bond donors (Lipinski definition) is 2. The first-order chi connectivity index (χ1) is 21.6. The third kappa shape index (κ3) is 5.57. The first-order valence-electron chi connectivity index (χ1n) is 14.9. The molecule has 7 heteroatoms. The number of carbonyl (C=O) groups excluding carboxylic acids is 1. The van der Waals surface area contributed by atoms with Gasteiger partial charge in [-0.25, -0.2) is 14.5 Å². The van der Waals surface area contributed by atoms with E-state index in [9.17, 15) is 4.79 Å². The van der Waals surface area contributed by atoms with Crippen molar-refractivity contribution in [1.29, 1.82) is 0 Å². The van der Waals surface area contributed by atoms with Crippen LogP contribution in [0.1, 0.15) is 47.8 Å². The second kappa shape index (κ2) is 12.9. The SMILES string of the molecule is CCOCc1nn(C(c2ccccc2)(c2ccccc2)c2ccccc2)c2cc(NC(=O)NC(C)c3ccccc3)ncc12. The molecule has 44 heavy (non-hydrogen) atoms. The van der Waals surface area contributed by atoms with Crippen molar-refractivity contribution in [2.24, 2.45) is 0 Å². The lowest BCUT2D eigenvalue weighted by molar-refractivity contribution is 0.131. The van der Waals surface area contributed by atoms with Crippen molar-refractivity contribution in [3.63, 3.8) is 0 Å². The number of nitrogens with zero attached hydrogens (tertiary/aromatic N) is 3. The average molecular weight is 582 g/mol. The summed E-state index contributed by atoms with van der Waals surface area (Å²) in [6.45, 7) is 4.81. The molecule has 2 amide bonds.